The van der Waals surface area contributed by atoms with Crippen molar-refractivity contribution in [3.63, 3.8) is 0 Å². The maximum atomic E-state index is 12.4. The molecular formula is C14H15Cl2N3O. The van der Waals surface area contributed by atoms with Crippen molar-refractivity contribution in [3.8, 4) is 6.07 Å². The van der Waals surface area contributed by atoms with Gasteiger partial charge in [0.25, 0.3) is 5.91 Å². The van der Waals surface area contributed by atoms with E-state index in [0.717, 1.165) is 19.6 Å². The molecule has 1 saturated heterocycles. The zero-order chi connectivity index (χ0) is 14.5. The second kappa shape index (κ2) is 6.94. The number of piperazine rings is 1. The molecule has 1 aliphatic rings. The van der Waals surface area contributed by atoms with Crippen LogP contribution in [0, 0.1) is 11.3 Å². The summed E-state index contributed by atoms with van der Waals surface area (Å²) in [7, 11) is 0. The fourth-order valence-corrected chi connectivity index (χ4v) is 2.71. The molecular weight excluding hydrogens is 297 g/mol. The summed E-state index contributed by atoms with van der Waals surface area (Å²) < 4.78 is 0. The molecule has 0 atom stereocenters. The third-order valence-corrected chi connectivity index (χ3v) is 3.91. The lowest BCUT2D eigenvalue weighted by Crippen LogP contribution is -2.48. The number of carbonyl (C=O) groups is 1. The molecule has 2 rings (SSSR count). The summed E-state index contributed by atoms with van der Waals surface area (Å²) in [5.74, 6) is -0.0633. The molecule has 1 aromatic carbocycles. The topological polar surface area (TPSA) is 47.3 Å². The number of rotatable bonds is 3. The van der Waals surface area contributed by atoms with Crippen molar-refractivity contribution < 1.29 is 4.79 Å². The van der Waals surface area contributed by atoms with E-state index in [-0.39, 0.29) is 5.91 Å². The summed E-state index contributed by atoms with van der Waals surface area (Å²) >= 11 is 11.9. The lowest BCUT2D eigenvalue weighted by Gasteiger charge is -2.34. The van der Waals surface area contributed by atoms with Crippen LogP contribution in [-0.2, 0) is 0 Å². The number of amides is 1. The number of halogens is 2. The molecule has 0 bridgehead atoms. The maximum Gasteiger partial charge on any atom is 0.255 e. The van der Waals surface area contributed by atoms with Crippen LogP contribution in [0.1, 0.15) is 16.8 Å². The van der Waals surface area contributed by atoms with Crippen LogP contribution < -0.4 is 0 Å². The van der Waals surface area contributed by atoms with Gasteiger partial charge in [0.05, 0.1) is 16.7 Å². The van der Waals surface area contributed by atoms with Gasteiger partial charge in [-0.1, -0.05) is 23.2 Å². The molecule has 1 amide bonds. The van der Waals surface area contributed by atoms with E-state index in [4.69, 9.17) is 28.5 Å². The summed E-state index contributed by atoms with van der Waals surface area (Å²) in [6.07, 6.45) is 0.525. The smallest absolute Gasteiger partial charge is 0.255 e. The largest absolute Gasteiger partial charge is 0.336 e. The molecule has 20 heavy (non-hydrogen) atoms. The SMILES string of the molecule is N#CCCN1CCN(C(=O)c2ccc(Cl)cc2Cl)CC1. The monoisotopic (exact) mass is 311 g/mol. The van der Waals surface area contributed by atoms with Gasteiger partial charge in [0, 0.05) is 44.2 Å². The van der Waals surface area contributed by atoms with Gasteiger partial charge >= 0.3 is 0 Å². The number of hydrogen-bond donors (Lipinski definition) is 0. The second-order valence-corrected chi connectivity index (χ2v) is 5.51. The third-order valence-electron chi connectivity index (χ3n) is 3.36. The molecule has 106 valence electrons. The fraction of sp³-hybridized carbons (Fsp3) is 0.429. The van der Waals surface area contributed by atoms with Crippen LogP contribution in [0.15, 0.2) is 18.2 Å². The summed E-state index contributed by atoms with van der Waals surface area (Å²) in [4.78, 5) is 16.4. The Hall–Kier alpha value is -1.28. The van der Waals surface area contributed by atoms with E-state index in [1.807, 2.05) is 0 Å². The molecule has 6 heteroatoms. The van der Waals surface area contributed by atoms with E-state index in [1.54, 1.807) is 23.1 Å². The van der Waals surface area contributed by atoms with Crippen LogP contribution in [0.4, 0.5) is 0 Å². The van der Waals surface area contributed by atoms with Gasteiger partial charge in [-0.3, -0.25) is 9.69 Å². The van der Waals surface area contributed by atoms with Crippen LogP contribution in [0.25, 0.3) is 0 Å². The molecule has 0 saturated carbocycles. The Morgan fingerprint density at radius 2 is 1.95 bits per heavy atom. The van der Waals surface area contributed by atoms with Gasteiger partial charge < -0.3 is 4.90 Å². The molecule has 0 unspecified atom stereocenters. The molecule has 0 aliphatic carbocycles. The van der Waals surface area contributed by atoms with E-state index >= 15 is 0 Å². The van der Waals surface area contributed by atoms with E-state index in [1.165, 1.54) is 0 Å². The molecule has 0 aromatic heterocycles. The summed E-state index contributed by atoms with van der Waals surface area (Å²) in [6, 6.07) is 7.05. The quantitative estimate of drug-likeness (QED) is 0.862. The Morgan fingerprint density at radius 1 is 1.25 bits per heavy atom. The predicted octanol–water partition coefficient (Wildman–Crippen LogP) is 2.66. The Kier molecular flexibility index (Phi) is 5.24. The molecule has 1 heterocycles. The number of carbonyl (C=O) groups excluding carboxylic acids is 1. The van der Waals surface area contributed by atoms with Crippen molar-refractivity contribution in [1.29, 1.82) is 5.26 Å². The Bertz CT molecular complexity index is 534. The van der Waals surface area contributed by atoms with Gasteiger partial charge in [0.15, 0.2) is 0 Å². The highest BCUT2D eigenvalue weighted by Gasteiger charge is 2.23. The zero-order valence-electron chi connectivity index (χ0n) is 11.0. The first-order valence-electron chi connectivity index (χ1n) is 6.45. The minimum atomic E-state index is -0.0633. The highest BCUT2D eigenvalue weighted by Crippen LogP contribution is 2.22. The van der Waals surface area contributed by atoms with Crippen LogP contribution in [0.5, 0.6) is 0 Å². The molecule has 1 fully saturated rings. The fourth-order valence-electron chi connectivity index (χ4n) is 2.22. The van der Waals surface area contributed by atoms with Gasteiger partial charge in [-0.15, -0.1) is 0 Å². The molecule has 4 nitrogen and oxygen atoms in total. The second-order valence-electron chi connectivity index (χ2n) is 4.67. The first-order valence-corrected chi connectivity index (χ1v) is 7.21. The first kappa shape index (κ1) is 15.1. The number of nitrogens with zero attached hydrogens (tertiary/aromatic N) is 3. The molecule has 0 N–H and O–H groups in total. The number of nitriles is 1. The van der Waals surface area contributed by atoms with Gasteiger partial charge in [-0.2, -0.15) is 5.26 Å². The van der Waals surface area contributed by atoms with Gasteiger partial charge in [-0.05, 0) is 18.2 Å². The number of benzene rings is 1. The molecule has 1 aliphatic heterocycles. The minimum Gasteiger partial charge on any atom is -0.336 e. The van der Waals surface area contributed by atoms with E-state index in [2.05, 4.69) is 11.0 Å². The Labute approximate surface area is 128 Å². The normalized spacial score (nSPS) is 15.9. The summed E-state index contributed by atoms with van der Waals surface area (Å²) in [5.41, 5.74) is 0.488. The highest BCUT2D eigenvalue weighted by molar-refractivity contribution is 6.36. The Morgan fingerprint density at radius 3 is 2.55 bits per heavy atom. The van der Waals surface area contributed by atoms with Crippen LogP contribution >= 0.6 is 23.2 Å². The van der Waals surface area contributed by atoms with Gasteiger partial charge in [0.2, 0.25) is 0 Å². The molecule has 0 spiro atoms. The van der Waals surface area contributed by atoms with E-state index in [0.29, 0.717) is 35.1 Å². The maximum absolute atomic E-state index is 12.4. The van der Waals surface area contributed by atoms with E-state index < -0.39 is 0 Å². The van der Waals surface area contributed by atoms with Crippen LogP contribution in [0.2, 0.25) is 10.0 Å². The van der Waals surface area contributed by atoms with Gasteiger partial charge in [-0.25, -0.2) is 0 Å². The van der Waals surface area contributed by atoms with Crippen molar-refractivity contribution in [2.75, 3.05) is 32.7 Å². The zero-order valence-corrected chi connectivity index (χ0v) is 12.5. The van der Waals surface area contributed by atoms with Crippen molar-refractivity contribution >= 4 is 29.1 Å². The predicted molar refractivity (Wildman–Crippen MR) is 79.0 cm³/mol. The lowest BCUT2D eigenvalue weighted by molar-refractivity contribution is 0.0640. The van der Waals surface area contributed by atoms with Crippen molar-refractivity contribution in [3.05, 3.63) is 33.8 Å². The Balaban J connectivity index is 1.96. The highest BCUT2D eigenvalue weighted by atomic mass is 35.5. The third kappa shape index (κ3) is 3.63. The van der Waals surface area contributed by atoms with Crippen LogP contribution in [0.3, 0.4) is 0 Å². The molecule has 1 aromatic rings. The molecule has 0 radical (unpaired) electrons. The summed E-state index contributed by atoms with van der Waals surface area (Å²) in [5, 5.41) is 9.48. The minimum absolute atomic E-state index is 0.0633. The number of hydrogen-bond acceptors (Lipinski definition) is 3. The lowest BCUT2D eigenvalue weighted by atomic mass is 10.1. The van der Waals surface area contributed by atoms with Gasteiger partial charge in [0.1, 0.15) is 0 Å². The first-order chi connectivity index (χ1) is 9.61. The van der Waals surface area contributed by atoms with Crippen LogP contribution in [-0.4, -0.2) is 48.4 Å². The van der Waals surface area contributed by atoms with Crippen molar-refractivity contribution in [1.82, 2.24) is 9.80 Å². The standard InChI is InChI=1S/C14H15Cl2N3O/c15-11-2-3-12(13(16)10-11)14(20)19-8-6-18(7-9-19)5-1-4-17/h2-3,10H,1,5-9H2. The summed E-state index contributed by atoms with van der Waals surface area (Å²) in [6.45, 7) is 3.66. The van der Waals surface area contributed by atoms with Crippen molar-refractivity contribution in [2.45, 2.75) is 6.42 Å². The van der Waals surface area contributed by atoms with Crippen molar-refractivity contribution in [2.24, 2.45) is 0 Å². The van der Waals surface area contributed by atoms with E-state index in [9.17, 15) is 4.79 Å². The average Bonchev–Trinajstić information content (AvgIpc) is 2.45. The average molecular weight is 312 g/mol.